The Bertz CT molecular complexity index is 1550. The lowest BCUT2D eigenvalue weighted by molar-refractivity contribution is -0.159. The summed E-state index contributed by atoms with van der Waals surface area (Å²) < 4.78 is 7.05. The van der Waals surface area contributed by atoms with Crippen molar-refractivity contribution in [2.45, 2.75) is 83.3 Å². The Morgan fingerprint density at radius 2 is 1.48 bits per heavy atom. The number of carbonyl (C=O) groups is 3. The molecule has 6 rings (SSSR count). The molecule has 4 aliphatic rings. The van der Waals surface area contributed by atoms with Crippen LogP contribution in [0.1, 0.15) is 65.1 Å². The van der Waals surface area contributed by atoms with Gasteiger partial charge in [0.1, 0.15) is 11.6 Å². The smallest absolute Gasteiger partial charge is 0.249 e. The number of aliphatic hydroxyl groups excluding tert-OH is 1. The molecule has 6 atom stereocenters. The minimum absolute atomic E-state index is 0.0627. The second kappa shape index (κ2) is 11.5. The van der Waals surface area contributed by atoms with Crippen molar-refractivity contribution in [3.8, 4) is 0 Å². The van der Waals surface area contributed by atoms with Crippen molar-refractivity contribution in [3.63, 3.8) is 0 Å². The van der Waals surface area contributed by atoms with E-state index in [0.29, 0.717) is 19.6 Å². The van der Waals surface area contributed by atoms with Gasteiger partial charge in [-0.2, -0.15) is 0 Å². The predicted molar refractivity (Wildman–Crippen MR) is 176 cm³/mol. The predicted octanol–water partition coefficient (Wildman–Crippen LogP) is 4.90. The number of hydrogen-bond donors (Lipinski definition) is 1. The number of aliphatic hydroxyl groups is 1. The van der Waals surface area contributed by atoms with E-state index in [4.69, 9.17) is 4.74 Å². The van der Waals surface area contributed by atoms with Gasteiger partial charge in [0.2, 0.25) is 17.7 Å². The van der Waals surface area contributed by atoms with Crippen LogP contribution in [-0.2, 0) is 25.7 Å². The van der Waals surface area contributed by atoms with E-state index < -0.39 is 40.7 Å². The number of nitrogens with zero attached hydrogens (tertiary/aromatic N) is 3. The van der Waals surface area contributed by atoms with E-state index in [-0.39, 0.29) is 29.7 Å². The lowest BCUT2D eigenvalue weighted by Crippen LogP contribution is -2.60. The van der Waals surface area contributed by atoms with Crippen LogP contribution in [0.15, 0.2) is 85.0 Å². The quantitative estimate of drug-likeness (QED) is 0.442. The normalized spacial score (nSPS) is 30.2. The Hall–Kier alpha value is -3.75. The zero-order valence-corrected chi connectivity index (χ0v) is 27.8. The van der Waals surface area contributed by atoms with Crippen LogP contribution in [0.2, 0.25) is 0 Å². The van der Waals surface area contributed by atoms with Gasteiger partial charge in [0.25, 0.3) is 0 Å². The number of amides is 3. The Labute approximate surface area is 272 Å². The Kier molecular flexibility index (Phi) is 8.05. The maximum absolute atomic E-state index is 15.1. The molecule has 8 nitrogen and oxygen atoms in total. The highest BCUT2D eigenvalue weighted by Gasteiger charge is 2.75. The van der Waals surface area contributed by atoms with Gasteiger partial charge in [-0.25, -0.2) is 0 Å². The monoisotopic (exact) mass is 625 g/mol. The number of likely N-dealkylation sites (tertiary alicyclic amines) is 1. The lowest BCUT2D eigenvalue weighted by atomic mass is 9.74. The summed E-state index contributed by atoms with van der Waals surface area (Å²) in [6.45, 7) is 13.2. The van der Waals surface area contributed by atoms with Crippen molar-refractivity contribution >= 4 is 17.7 Å². The highest BCUT2D eigenvalue weighted by atomic mass is 16.5. The molecule has 0 saturated carbocycles. The topological polar surface area (TPSA) is 90.4 Å². The summed E-state index contributed by atoms with van der Waals surface area (Å²) in [7, 11) is 0. The molecule has 2 saturated heterocycles. The Morgan fingerprint density at radius 3 is 2.11 bits per heavy atom. The van der Waals surface area contributed by atoms with Gasteiger partial charge in [-0.15, -0.1) is 0 Å². The van der Waals surface area contributed by atoms with Crippen LogP contribution in [0.3, 0.4) is 0 Å². The number of fused-ring (bicyclic) bond motifs is 2. The first-order valence-electron chi connectivity index (χ1n) is 16.4. The first-order chi connectivity index (χ1) is 21.7. The maximum Gasteiger partial charge on any atom is 0.249 e. The second-order valence-electron chi connectivity index (χ2n) is 15.4. The van der Waals surface area contributed by atoms with Gasteiger partial charge in [-0.3, -0.25) is 14.4 Å². The molecule has 0 bridgehead atoms. The fourth-order valence-electron chi connectivity index (χ4n) is 8.76. The van der Waals surface area contributed by atoms with Crippen molar-refractivity contribution in [3.05, 3.63) is 96.1 Å². The summed E-state index contributed by atoms with van der Waals surface area (Å²) in [5.74, 6) is -2.58. The molecule has 2 fully saturated rings. The SMILES string of the molecule is CC(C)(C)CC(C)(C)N1CC=C[C@]23O[C@]4(C)C=CCN(Cc5ccccc5)C(=O)[C@@H]4[C@H]2C(=O)N([C@H](CO)c2ccccc2)C3C1=O. The molecule has 46 heavy (non-hydrogen) atoms. The summed E-state index contributed by atoms with van der Waals surface area (Å²) in [4.78, 5) is 49.9. The third-order valence-corrected chi connectivity index (χ3v) is 10.2. The average Bonchev–Trinajstić information content (AvgIpc) is 3.26. The van der Waals surface area contributed by atoms with Crippen molar-refractivity contribution in [2.24, 2.45) is 17.3 Å². The van der Waals surface area contributed by atoms with Gasteiger partial charge < -0.3 is 24.5 Å². The van der Waals surface area contributed by atoms with Gasteiger partial charge in [-0.05, 0) is 43.7 Å². The van der Waals surface area contributed by atoms with Crippen molar-refractivity contribution in [1.82, 2.24) is 14.7 Å². The third-order valence-electron chi connectivity index (χ3n) is 10.2. The van der Waals surface area contributed by atoms with E-state index >= 15 is 9.59 Å². The van der Waals surface area contributed by atoms with Crippen LogP contribution in [0.25, 0.3) is 0 Å². The molecular weight excluding hydrogens is 578 g/mol. The molecule has 3 amide bonds. The first kappa shape index (κ1) is 32.2. The number of hydrogen-bond acceptors (Lipinski definition) is 5. The van der Waals surface area contributed by atoms with Crippen LogP contribution in [-0.4, -0.2) is 80.0 Å². The molecule has 8 heteroatoms. The van der Waals surface area contributed by atoms with E-state index in [2.05, 4.69) is 34.6 Å². The van der Waals surface area contributed by atoms with Gasteiger partial charge in [0, 0.05) is 25.2 Å². The highest BCUT2D eigenvalue weighted by Crippen LogP contribution is 2.59. The van der Waals surface area contributed by atoms with Crippen LogP contribution in [0.4, 0.5) is 0 Å². The molecule has 2 aromatic carbocycles. The summed E-state index contributed by atoms with van der Waals surface area (Å²) >= 11 is 0. The number of benzene rings is 2. The number of carbonyl (C=O) groups excluding carboxylic acids is 3. The molecule has 1 spiro atoms. The molecule has 1 unspecified atom stereocenters. The first-order valence-corrected chi connectivity index (χ1v) is 16.4. The Morgan fingerprint density at radius 1 is 0.848 bits per heavy atom. The largest absolute Gasteiger partial charge is 0.394 e. The molecule has 4 aliphatic heterocycles. The van der Waals surface area contributed by atoms with Gasteiger partial charge in [0.05, 0.1) is 30.1 Å². The fourth-order valence-corrected chi connectivity index (χ4v) is 8.76. The van der Waals surface area contributed by atoms with Crippen LogP contribution >= 0.6 is 0 Å². The molecule has 244 valence electrons. The average molecular weight is 626 g/mol. The van der Waals surface area contributed by atoms with E-state index in [9.17, 15) is 9.90 Å². The minimum Gasteiger partial charge on any atom is -0.394 e. The Balaban J connectivity index is 1.49. The standard InChI is InChI=1S/C38H47N3O5/c1-35(2,3)25-36(4,5)40-22-14-20-38-30(33(44)41(31(38)34(40)45)28(24-42)27-17-11-8-12-18-27)29-32(43)39(21-13-19-37(29,6)46-38)23-26-15-9-7-10-16-26/h7-20,28-31,42H,21-25H2,1-6H3/t28-,29+,30+,31?,37-,38+/m1/s1. The second-order valence-corrected chi connectivity index (χ2v) is 15.4. The fraction of sp³-hybridized carbons (Fsp3) is 0.500. The van der Waals surface area contributed by atoms with E-state index in [1.807, 2.05) is 96.8 Å². The number of ether oxygens (including phenoxy) is 1. The highest BCUT2D eigenvalue weighted by molar-refractivity contribution is 6.00. The molecule has 4 heterocycles. The lowest BCUT2D eigenvalue weighted by Gasteiger charge is -2.45. The zero-order chi connectivity index (χ0) is 33.1. The van der Waals surface area contributed by atoms with E-state index in [1.165, 1.54) is 0 Å². The molecule has 0 aromatic heterocycles. The van der Waals surface area contributed by atoms with Crippen molar-refractivity contribution in [2.75, 3.05) is 19.7 Å². The van der Waals surface area contributed by atoms with Gasteiger partial charge in [-0.1, -0.05) is 106 Å². The van der Waals surface area contributed by atoms with Crippen molar-refractivity contribution in [1.29, 1.82) is 0 Å². The van der Waals surface area contributed by atoms with Crippen LogP contribution in [0, 0.1) is 17.3 Å². The number of rotatable bonds is 7. The molecular formula is C38H47N3O5. The summed E-state index contributed by atoms with van der Waals surface area (Å²) in [6.07, 6.45) is 8.40. The molecule has 1 N–H and O–H groups in total. The molecule has 0 radical (unpaired) electrons. The summed E-state index contributed by atoms with van der Waals surface area (Å²) in [5.41, 5.74) is -1.42. The van der Waals surface area contributed by atoms with Crippen LogP contribution in [0.5, 0.6) is 0 Å². The summed E-state index contributed by atoms with van der Waals surface area (Å²) in [5, 5.41) is 10.9. The third kappa shape index (κ3) is 5.29. The van der Waals surface area contributed by atoms with Crippen molar-refractivity contribution < 1.29 is 24.2 Å². The molecule has 0 aliphatic carbocycles. The minimum atomic E-state index is -1.40. The van der Waals surface area contributed by atoms with Gasteiger partial charge >= 0.3 is 0 Å². The summed E-state index contributed by atoms with van der Waals surface area (Å²) in [6, 6.07) is 17.2. The van der Waals surface area contributed by atoms with E-state index in [0.717, 1.165) is 17.5 Å². The maximum atomic E-state index is 15.1. The van der Waals surface area contributed by atoms with Gasteiger partial charge in [0.15, 0.2) is 0 Å². The van der Waals surface area contributed by atoms with E-state index in [1.54, 1.807) is 9.80 Å². The zero-order valence-electron chi connectivity index (χ0n) is 27.8. The molecule has 2 aromatic rings. The van der Waals surface area contributed by atoms with Crippen LogP contribution < -0.4 is 0 Å².